The molecule has 2 aromatic carbocycles. The van der Waals surface area contributed by atoms with Gasteiger partial charge >= 0.3 is 0 Å². The molecule has 1 atom stereocenters. The van der Waals surface area contributed by atoms with Crippen molar-refractivity contribution in [2.75, 3.05) is 13.1 Å². The van der Waals surface area contributed by atoms with Gasteiger partial charge in [-0.05, 0) is 49.9 Å². The Morgan fingerprint density at radius 3 is 2.29 bits per heavy atom. The molecule has 1 saturated heterocycles. The van der Waals surface area contributed by atoms with E-state index in [9.17, 15) is 13.2 Å². The highest BCUT2D eigenvalue weighted by Crippen LogP contribution is 2.24. The van der Waals surface area contributed by atoms with Crippen molar-refractivity contribution in [2.24, 2.45) is 0 Å². The normalized spacial score (nSPS) is 16.9. The maximum absolute atomic E-state index is 13.2. The molecule has 6 heteroatoms. The SMILES string of the molecule is Cc1ccc(C(=O)N[C@@H](C)c2ccccc2)cc1S(=O)(=O)N1CCCCCC1. The first-order valence-corrected chi connectivity index (χ1v) is 11.3. The second-order valence-electron chi connectivity index (χ2n) is 7.40. The summed E-state index contributed by atoms with van der Waals surface area (Å²) in [5, 5.41) is 2.95. The Bertz CT molecular complexity index is 918. The Labute approximate surface area is 167 Å². The van der Waals surface area contributed by atoms with E-state index in [0.29, 0.717) is 24.2 Å². The summed E-state index contributed by atoms with van der Waals surface area (Å²) in [7, 11) is -3.60. The van der Waals surface area contributed by atoms with Crippen molar-refractivity contribution in [2.45, 2.75) is 50.5 Å². The van der Waals surface area contributed by atoms with E-state index in [-0.39, 0.29) is 16.8 Å². The average Bonchev–Trinajstić information content (AvgIpc) is 2.99. The van der Waals surface area contributed by atoms with E-state index in [4.69, 9.17) is 0 Å². The van der Waals surface area contributed by atoms with Crippen molar-refractivity contribution in [3.05, 3.63) is 65.2 Å². The predicted octanol–water partition coefficient (Wildman–Crippen LogP) is 4.05. The monoisotopic (exact) mass is 400 g/mol. The van der Waals surface area contributed by atoms with Crippen molar-refractivity contribution >= 4 is 15.9 Å². The number of amides is 1. The highest BCUT2D eigenvalue weighted by atomic mass is 32.2. The van der Waals surface area contributed by atoms with Crippen LogP contribution in [0.25, 0.3) is 0 Å². The number of carbonyl (C=O) groups is 1. The van der Waals surface area contributed by atoms with Crippen LogP contribution in [0.15, 0.2) is 53.4 Å². The Morgan fingerprint density at radius 1 is 1.00 bits per heavy atom. The quantitative estimate of drug-likeness (QED) is 0.823. The van der Waals surface area contributed by atoms with Gasteiger partial charge in [0.25, 0.3) is 5.91 Å². The number of benzene rings is 2. The number of hydrogen-bond acceptors (Lipinski definition) is 3. The van der Waals surface area contributed by atoms with E-state index in [0.717, 1.165) is 31.2 Å². The predicted molar refractivity (Wildman–Crippen MR) is 111 cm³/mol. The average molecular weight is 401 g/mol. The van der Waals surface area contributed by atoms with E-state index in [2.05, 4.69) is 5.32 Å². The van der Waals surface area contributed by atoms with E-state index in [1.54, 1.807) is 23.4 Å². The number of nitrogens with zero attached hydrogens (tertiary/aromatic N) is 1. The van der Waals surface area contributed by atoms with Crippen LogP contribution in [-0.2, 0) is 10.0 Å². The van der Waals surface area contributed by atoms with Gasteiger partial charge in [0.1, 0.15) is 0 Å². The Hall–Kier alpha value is -2.18. The summed E-state index contributed by atoms with van der Waals surface area (Å²) in [6, 6.07) is 14.4. The van der Waals surface area contributed by atoms with Gasteiger partial charge in [0.2, 0.25) is 10.0 Å². The maximum atomic E-state index is 13.2. The van der Waals surface area contributed by atoms with E-state index in [1.807, 2.05) is 37.3 Å². The molecule has 0 aromatic heterocycles. The lowest BCUT2D eigenvalue weighted by molar-refractivity contribution is 0.0939. The Balaban J connectivity index is 1.83. The lowest BCUT2D eigenvalue weighted by Gasteiger charge is -2.21. The van der Waals surface area contributed by atoms with Gasteiger partial charge in [0.15, 0.2) is 0 Å². The standard InChI is InChI=1S/C22H28N2O3S/c1-17-12-13-20(22(25)23-18(2)19-10-6-5-7-11-19)16-21(17)28(26,27)24-14-8-3-4-9-15-24/h5-7,10-13,16,18H,3-4,8-9,14-15H2,1-2H3,(H,23,25)/t18-/m0/s1. The molecule has 28 heavy (non-hydrogen) atoms. The van der Waals surface area contributed by atoms with Crippen LogP contribution >= 0.6 is 0 Å². The van der Waals surface area contributed by atoms with Crippen molar-refractivity contribution in [3.63, 3.8) is 0 Å². The van der Waals surface area contributed by atoms with E-state index < -0.39 is 10.0 Å². The smallest absolute Gasteiger partial charge is 0.251 e. The number of carbonyl (C=O) groups excluding carboxylic acids is 1. The third kappa shape index (κ3) is 4.62. The van der Waals surface area contributed by atoms with Gasteiger partial charge in [-0.3, -0.25) is 4.79 Å². The summed E-state index contributed by atoms with van der Waals surface area (Å²) < 4.78 is 27.9. The van der Waals surface area contributed by atoms with Crippen LogP contribution in [0.1, 0.15) is 60.1 Å². The largest absolute Gasteiger partial charge is 0.346 e. The first kappa shape index (κ1) is 20.6. The van der Waals surface area contributed by atoms with Crippen LogP contribution in [0.4, 0.5) is 0 Å². The first-order valence-electron chi connectivity index (χ1n) is 9.86. The molecule has 1 aliphatic rings. The molecule has 0 spiro atoms. The highest BCUT2D eigenvalue weighted by molar-refractivity contribution is 7.89. The zero-order valence-electron chi connectivity index (χ0n) is 16.5. The molecule has 0 aliphatic carbocycles. The number of sulfonamides is 1. The zero-order chi connectivity index (χ0) is 20.1. The van der Waals surface area contributed by atoms with Gasteiger partial charge in [0, 0.05) is 18.7 Å². The summed E-state index contributed by atoms with van der Waals surface area (Å²) >= 11 is 0. The molecule has 1 aliphatic heterocycles. The topological polar surface area (TPSA) is 66.5 Å². The summed E-state index contributed by atoms with van der Waals surface area (Å²) in [4.78, 5) is 13.0. The van der Waals surface area contributed by atoms with Crippen LogP contribution in [0, 0.1) is 6.92 Å². The summed E-state index contributed by atoms with van der Waals surface area (Å²) in [6.45, 7) is 4.78. The molecular weight excluding hydrogens is 372 g/mol. The van der Waals surface area contributed by atoms with Crippen molar-refractivity contribution in [3.8, 4) is 0 Å². The molecule has 0 bridgehead atoms. The van der Waals surface area contributed by atoms with Gasteiger partial charge < -0.3 is 5.32 Å². The van der Waals surface area contributed by atoms with Gasteiger partial charge in [-0.1, -0.05) is 49.2 Å². The minimum absolute atomic E-state index is 0.166. The molecule has 5 nitrogen and oxygen atoms in total. The van der Waals surface area contributed by atoms with Crippen molar-refractivity contribution in [1.29, 1.82) is 0 Å². The Morgan fingerprint density at radius 2 is 1.64 bits per heavy atom. The number of hydrogen-bond donors (Lipinski definition) is 1. The second-order valence-corrected chi connectivity index (χ2v) is 9.31. The fourth-order valence-electron chi connectivity index (χ4n) is 3.55. The van der Waals surface area contributed by atoms with Crippen LogP contribution in [0.3, 0.4) is 0 Å². The first-order chi connectivity index (χ1) is 13.4. The molecule has 0 saturated carbocycles. The molecule has 1 heterocycles. The third-order valence-electron chi connectivity index (χ3n) is 5.28. The summed E-state index contributed by atoms with van der Waals surface area (Å²) in [5.41, 5.74) is 2.03. The van der Waals surface area contributed by atoms with Gasteiger partial charge in [-0.15, -0.1) is 0 Å². The van der Waals surface area contributed by atoms with Crippen molar-refractivity contribution < 1.29 is 13.2 Å². The molecule has 150 valence electrons. The lowest BCUT2D eigenvalue weighted by atomic mass is 10.1. The fourth-order valence-corrected chi connectivity index (χ4v) is 5.31. The molecule has 0 radical (unpaired) electrons. The van der Waals surface area contributed by atoms with Crippen LogP contribution in [-0.4, -0.2) is 31.7 Å². The van der Waals surface area contributed by atoms with Crippen LogP contribution < -0.4 is 5.32 Å². The second kappa shape index (κ2) is 8.88. The molecule has 1 fully saturated rings. The van der Waals surface area contributed by atoms with Gasteiger partial charge in [-0.25, -0.2) is 8.42 Å². The van der Waals surface area contributed by atoms with Gasteiger partial charge in [0.05, 0.1) is 10.9 Å². The van der Waals surface area contributed by atoms with Gasteiger partial charge in [-0.2, -0.15) is 4.31 Å². The molecule has 1 N–H and O–H groups in total. The fraction of sp³-hybridized carbons (Fsp3) is 0.409. The van der Waals surface area contributed by atoms with Crippen LogP contribution in [0.2, 0.25) is 0 Å². The summed E-state index contributed by atoms with van der Waals surface area (Å²) in [5.74, 6) is -0.274. The number of rotatable bonds is 5. The molecule has 3 rings (SSSR count). The van der Waals surface area contributed by atoms with E-state index >= 15 is 0 Å². The summed E-state index contributed by atoms with van der Waals surface area (Å²) in [6.07, 6.45) is 3.88. The Kier molecular flexibility index (Phi) is 6.52. The van der Waals surface area contributed by atoms with E-state index in [1.165, 1.54) is 6.07 Å². The molecule has 0 unspecified atom stereocenters. The minimum atomic E-state index is -3.60. The molecule has 2 aromatic rings. The molecular formula is C22H28N2O3S. The minimum Gasteiger partial charge on any atom is -0.346 e. The highest BCUT2D eigenvalue weighted by Gasteiger charge is 2.27. The molecule has 1 amide bonds. The van der Waals surface area contributed by atoms with Crippen molar-refractivity contribution in [1.82, 2.24) is 9.62 Å². The number of aryl methyl sites for hydroxylation is 1. The lowest BCUT2D eigenvalue weighted by Crippen LogP contribution is -2.33. The third-order valence-corrected chi connectivity index (χ3v) is 7.32. The van der Waals surface area contributed by atoms with Crippen LogP contribution in [0.5, 0.6) is 0 Å². The maximum Gasteiger partial charge on any atom is 0.251 e. The number of nitrogens with one attached hydrogen (secondary N) is 1. The zero-order valence-corrected chi connectivity index (χ0v) is 17.3.